The molecule has 0 N–H and O–H groups in total. The van der Waals surface area contributed by atoms with E-state index in [-0.39, 0.29) is 21.7 Å². The van der Waals surface area contributed by atoms with Gasteiger partial charge in [0, 0.05) is 21.7 Å². The predicted octanol–water partition coefficient (Wildman–Crippen LogP) is 2.38. The first-order valence-corrected chi connectivity index (χ1v) is 4.30. The Morgan fingerprint density at radius 1 is 1.00 bits per heavy atom. The molecule has 0 nitrogen and oxygen atoms in total. The minimum atomic E-state index is 0. The zero-order valence-corrected chi connectivity index (χ0v) is 8.09. The van der Waals surface area contributed by atoms with Gasteiger partial charge in [-0.2, -0.15) is 0 Å². The molecule has 0 aromatic heterocycles. The Hall–Kier alpha value is 0.194. The first kappa shape index (κ1) is 7.82. The van der Waals surface area contributed by atoms with E-state index in [0.29, 0.717) is 0 Å². The quantitative estimate of drug-likeness (QED) is 0.396. The second-order valence-corrected chi connectivity index (χ2v) is 3.85. The topological polar surface area (TPSA) is 0 Å². The molecule has 1 saturated carbocycles. The summed E-state index contributed by atoms with van der Waals surface area (Å²) in [5.74, 6) is 3.82. The van der Waals surface area contributed by atoms with E-state index in [1.807, 2.05) is 0 Å². The molecule has 3 aliphatic carbocycles. The van der Waals surface area contributed by atoms with Crippen molar-refractivity contribution >= 4 is 0 Å². The van der Waals surface area contributed by atoms with Crippen LogP contribution in [0.15, 0.2) is 24.3 Å². The maximum Gasteiger partial charge on any atom is 0 e. The van der Waals surface area contributed by atoms with Crippen LogP contribution < -0.4 is 0 Å². The summed E-state index contributed by atoms with van der Waals surface area (Å²) in [5, 5.41) is 0. The van der Waals surface area contributed by atoms with Crippen LogP contribution in [0.1, 0.15) is 12.8 Å². The minimum absolute atomic E-state index is 0. The molecule has 0 amide bonds. The zero-order chi connectivity index (χ0) is 6.55. The van der Waals surface area contributed by atoms with Crippen LogP contribution in [-0.4, -0.2) is 0 Å². The molecular formula is C10H12Ti. The van der Waals surface area contributed by atoms with Gasteiger partial charge in [-0.25, -0.2) is 0 Å². The van der Waals surface area contributed by atoms with E-state index in [4.69, 9.17) is 0 Å². The molecule has 11 heavy (non-hydrogen) atoms. The van der Waals surface area contributed by atoms with Crippen molar-refractivity contribution in [3.8, 4) is 0 Å². The van der Waals surface area contributed by atoms with Gasteiger partial charge in [0.15, 0.2) is 0 Å². The maximum atomic E-state index is 2.44. The van der Waals surface area contributed by atoms with Gasteiger partial charge in [-0.15, -0.1) is 0 Å². The smallest absolute Gasteiger partial charge is 0 e. The first-order chi connectivity index (χ1) is 4.95. The van der Waals surface area contributed by atoms with Crippen LogP contribution in [0.25, 0.3) is 0 Å². The molecule has 56 valence electrons. The Kier molecular flexibility index (Phi) is 1.85. The van der Waals surface area contributed by atoms with Gasteiger partial charge < -0.3 is 0 Å². The van der Waals surface area contributed by atoms with E-state index < -0.39 is 0 Å². The van der Waals surface area contributed by atoms with Crippen molar-refractivity contribution < 1.29 is 21.7 Å². The molecule has 0 aromatic rings. The van der Waals surface area contributed by atoms with Crippen molar-refractivity contribution in [3.05, 3.63) is 24.3 Å². The SMILES string of the molecule is C1=CC2C3C=CC(C3)C2C1.[Ti]. The number of hydrogen-bond acceptors (Lipinski definition) is 0. The summed E-state index contributed by atoms with van der Waals surface area (Å²) in [4.78, 5) is 0. The van der Waals surface area contributed by atoms with Crippen LogP contribution in [-0.2, 0) is 21.7 Å². The molecule has 0 saturated heterocycles. The monoisotopic (exact) mass is 180 g/mol. The average molecular weight is 180 g/mol. The Labute approximate surface area is 82.6 Å². The van der Waals surface area contributed by atoms with E-state index in [0.717, 1.165) is 23.7 Å². The number of hydrogen-bond donors (Lipinski definition) is 0. The van der Waals surface area contributed by atoms with Crippen LogP contribution in [0, 0.1) is 23.7 Å². The van der Waals surface area contributed by atoms with E-state index in [9.17, 15) is 0 Å². The van der Waals surface area contributed by atoms with Crippen LogP contribution >= 0.6 is 0 Å². The average Bonchev–Trinajstić information content (AvgIpc) is 2.60. The molecule has 1 fully saturated rings. The van der Waals surface area contributed by atoms with Crippen LogP contribution in [0.2, 0.25) is 0 Å². The van der Waals surface area contributed by atoms with Crippen molar-refractivity contribution in [2.24, 2.45) is 23.7 Å². The normalized spacial score (nSPS) is 49.5. The van der Waals surface area contributed by atoms with Crippen LogP contribution in [0.5, 0.6) is 0 Å². The molecule has 0 heterocycles. The summed E-state index contributed by atoms with van der Waals surface area (Å²) in [6.07, 6.45) is 12.5. The molecule has 1 heteroatoms. The van der Waals surface area contributed by atoms with Crippen molar-refractivity contribution in [2.45, 2.75) is 12.8 Å². The third kappa shape index (κ3) is 0.926. The fourth-order valence-corrected chi connectivity index (χ4v) is 2.97. The fourth-order valence-electron chi connectivity index (χ4n) is 2.97. The van der Waals surface area contributed by atoms with Gasteiger partial charge >= 0.3 is 0 Å². The van der Waals surface area contributed by atoms with Crippen LogP contribution in [0.4, 0.5) is 0 Å². The van der Waals surface area contributed by atoms with Gasteiger partial charge in [-0.1, -0.05) is 24.3 Å². The Morgan fingerprint density at radius 3 is 2.64 bits per heavy atom. The Balaban J connectivity index is 0.000000480. The molecule has 0 aliphatic heterocycles. The molecule has 4 atom stereocenters. The molecule has 3 rings (SSSR count). The molecule has 4 unspecified atom stereocenters. The third-order valence-electron chi connectivity index (χ3n) is 3.46. The molecular weight excluding hydrogens is 168 g/mol. The fraction of sp³-hybridized carbons (Fsp3) is 0.600. The van der Waals surface area contributed by atoms with Gasteiger partial charge in [0.05, 0.1) is 0 Å². The Bertz CT molecular complexity index is 217. The molecule has 2 bridgehead atoms. The standard InChI is InChI=1S/C10H12.Ti/c1-2-9-7-4-5-8(6-7)10(9)3-1;/h1-2,4-5,7-10H,3,6H2;. The summed E-state index contributed by atoms with van der Waals surface area (Å²) in [7, 11) is 0. The molecule has 0 spiro atoms. The first-order valence-electron chi connectivity index (χ1n) is 4.30. The third-order valence-corrected chi connectivity index (χ3v) is 3.46. The number of allylic oxidation sites excluding steroid dienone is 4. The molecule has 3 aliphatic rings. The van der Waals surface area contributed by atoms with E-state index in [1.165, 1.54) is 12.8 Å². The maximum absolute atomic E-state index is 2.44. The van der Waals surface area contributed by atoms with E-state index in [1.54, 1.807) is 0 Å². The largest absolute Gasteiger partial charge is 0.0879 e. The van der Waals surface area contributed by atoms with E-state index >= 15 is 0 Å². The second kappa shape index (κ2) is 2.60. The predicted molar refractivity (Wildman–Crippen MR) is 41.5 cm³/mol. The molecule has 0 radical (unpaired) electrons. The second-order valence-electron chi connectivity index (χ2n) is 3.85. The van der Waals surface area contributed by atoms with Crippen molar-refractivity contribution in [3.63, 3.8) is 0 Å². The molecule has 0 aromatic carbocycles. The number of rotatable bonds is 0. The minimum Gasteiger partial charge on any atom is -0.0879 e. The van der Waals surface area contributed by atoms with Crippen molar-refractivity contribution in [2.75, 3.05) is 0 Å². The van der Waals surface area contributed by atoms with Crippen LogP contribution in [0.3, 0.4) is 0 Å². The summed E-state index contributed by atoms with van der Waals surface area (Å²) in [5.41, 5.74) is 0. The zero-order valence-electron chi connectivity index (χ0n) is 6.53. The van der Waals surface area contributed by atoms with Gasteiger partial charge in [-0.05, 0) is 36.5 Å². The van der Waals surface area contributed by atoms with Gasteiger partial charge in [0.25, 0.3) is 0 Å². The van der Waals surface area contributed by atoms with Gasteiger partial charge in [-0.3, -0.25) is 0 Å². The summed E-state index contributed by atoms with van der Waals surface area (Å²) in [6.45, 7) is 0. The van der Waals surface area contributed by atoms with E-state index in [2.05, 4.69) is 24.3 Å². The summed E-state index contributed by atoms with van der Waals surface area (Å²) in [6, 6.07) is 0. The Morgan fingerprint density at radius 2 is 1.82 bits per heavy atom. The summed E-state index contributed by atoms with van der Waals surface area (Å²) < 4.78 is 0. The van der Waals surface area contributed by atoms with Crippen molar-refractivity contribution in [1.82, 2.24) is 0 Å². The number of fused-ring (bicyclic) bond motifs is 5. The van der Waals surface area contributed by atoms with Gasteiger partial charge in [0.2, 0.25) is 0 Å². The summed E-state index contributed by atoms with van der Waals surface area (Å²) >= 11 is 0. The van der Waals surface area contributed by atoms with Crippen molar-refractivity contribution in [1.29, 1.82) is 0 Å². The van der Waals surface area contributed by atoms with Gasteiger partial charge in [0.1, 0.15) is 0 Å².